The molecule has 1 aliphatic heterocycles. The van der Waals surface area contributed by atoms with Crippen molar-refractivity contribution in [3.05, 3.63) is 83.4 Å². The van der Waals surface area contributed by atoms with Gasteiger partial charge in [0.25, 0.3) is 0 Å². The molecule has 0 bridgehead atoms. The highest BCUT2D eigenvalue weighted by atomic mass is 19.1. The van der Waals surface area contributed by atoms with Crippen molar-refractivity contribution in [1.82, 2.24) is 15.2 Å². The van der Waals surface area contributed by atoms with Gasteiger partial charge in [-0.15, -0.1) is 0 Å². The van der Waals surface area contributed by atoms with Gasteiger partial charge >= 0.3 is 0 Å². The maximum atomic E-state index is 13.3. The van der Waals surface area contributed by atoms with Crippen LogP contribution >= 0.6 is 0 Å². The molecule has 1 N–H and O–H groups in total. The summed E-state index contributed by atoms with van der Waals surface area (Å²) in [6.45, 7) is 7.47. The molecule has 0 atom stereocenters. The van der Waals surface area contributed by atoms with E-state index in [1.54, 1.807) is 12.1 Å². The van der Waals surface area contributed by atoms with Gasteiger partial charge in [-0.3, -0.25) is 14.7 Å². The molecule has 0 aliphatic carbocycles. The minimum absolute atomic E-state index is 0.151. The average molecular weight is 478 g/mol. The molecule has 184 valence electrons. The van der Waals surface area contributed by atoms with Gasteiger partial charge in [0.05, 0.1) is 19.6 Å². The van der Waals surface area contributed by atoms with Crippen LogP contribution in [0.1, 0.15) is 23.7 Å². The van der Waals surface area contributed by atoms with Crippen molar-refractivity contribution in [1.29, 1.82) is 0 Å². The maximum absolute atomic E-state index is 13.3. The summed E-state index contributed by atoms with van der Waals surface area (Å²) in [5, 5.41) is 2.81. The number of hydrogen-bond acceptors (Lipinski definition) is 5. The summed E-state index contributed by atoms with van der Waals surface area (Å²) in [6, 6.07) is 16.3. The Morgan fingerprint density at radius 1 is 1.14 bits per heavy atom. The lowest BCUT2D eigenvalue weighted by Crippen LogP contribution is -2.38. The number of benzene rings is 2. The van der Waals surface area contributed by atoms with E-state index in [0.29, 0.717) is 12.3 Å². The first kappa shape index (κ1) is 24.8. The van der Waals surface area contributed by atoms with Crippen LogP contribution in [0.15, 0.2) is 60.8 Å². The Morgan fingerprint density at radius 3 is 2.74 bits per heavy atom. The number of hydrogen-bond donors (Lipinski definition) is 1. The fourth-order valence-electron chi connectivity index (χ4n) is 4.11. The maximum Gasteiger partial charge on any atom is 0.226 e. The standard InChI is InChI=1S/C28H32FN3O3/c1-2-22-17-26(35-15-12-32-10-13-34-14-11-32)8-9-27(22)23-6-7-25(30-20-23)18-28(33)31-19-21-4-3-5-24(29)16-21/h3-9,16-17,20H,2,10-15,18-19H2,1H3,(H,31,33). The molecule has 1 aromatic heterocycles. The Morgan fingerprint density at radius 2 is 2.00 bits per heavy atom. The highest BCUT2D eigenvalue weighted by Crippen LogP contribution is 2.28. The summed E-state index contributed by atoms with van der Waals surface area (Å²) in [4.78, 5) is 19.1. The van der Waals surface area contributed by atoms with Crippen molar-refractivity contribution in [2.45, 2.75) is 26.3 Å². The molecule has 1 saturated heterocycles. The second-order valence-corrected chi connectivity index (χ2v) is 8.60. The van der Waals surface area contributed by atoms with E-state index < -0.39 is 0 Å². The van der Waals surface area contributed by atoms with E-state index >= 15 is 0 Å². The minimum atomic E-state index is -0.312. The predicted molar refractivity (Wildman–Crippen MR) is 134 cm³/mol. The Labute approximate surface area is 206 Å². The molecule has 0 unspecified atom stereocenters. The smallest absolute Gasteiger partial charge is 0.226 e. The number of carbonyl (C=O) groups is 1. The molecular weight excluding hydrogens is 445 g/mol. The number of morpholine rings is 1. The van der Waals surface area contributed by atoms with Crippen LogP contribution in [0.4, 0.5) is 4.39 Å². The van der Waals surface area contributed by atoms with Crippen LogP contribution in [0.25, 0.3) is 11.1 Å². The number of nitrogens with zero attached hydrogens (tertiary/aromatic N) is 2. The van der Waals surface area contributed by atoms with Crippen molar-refractivity contribution in [3.8, 4) is 16.9 Å². The van der Waals surface area contributed by atoms with Gasteiger partial charge in [-0.05, 0) is 53.4 Å². The van der Waals surface area contributed by atoms with E-state index in [4.69, 9.17) is 9.47 Å². The molecule has 0 radical (unpaired) electrons. The van der Waals surface area contributed by atoms with Gasteiger partial charge in [0, 0.05) is 43.6 Å². The van der Waals surface area contributed by atoms with Gasteiger partial charge in [-0.1, -0.05) is 31.2 Å². The largest absolute Gasteiger partial charge is 0.492 e. The van der Waals surface area contributed by atoms with E-state index in [1.807, 2.05) is 24.4 Å². The van der Waals surface area contributed by atoms with Gasteiger partial charge in [0.15, 0.2) is 0 Å². The SMILES string of the molecule is CCc1cc(OCCN2CCOCC2)ccc1-c1ccc(CC(=O)NCc2cccc(F)c2)nc1. The third-order valence-electron chi connectivity index (χ3n) is 6.09. The first-order valence-corrected chi connectivity index (χ1v) is 12.1. The Kier molecular flexibility index (Phi) is 8.81. The summed E-state index contributed by atoms with van der Waals surface area (Å²) in [6.07, 6.45) is 2.86. The van der Waals surface area contributed by atoms with E-state index in [1.165, 1.54) is 17.7 Å². The number of aromatic nitrogens is 1. The van der Waals surface area contributed by atoms with Crippen LogP contribution < -0.4 is 10.1 Å². The Balaban J connectivity index is 1.31. The number of nitrogens with one attached hydrogen (secondary N) is 1. The molecular formula is C28H32FN3O3. The number of halogens is 1. The predicted octanol–water partition coefficient (Wildman–Crippen LogP) is 4.02. The lowest BCUT2D eigenvalue weighted by atomic mass is 9.98. The fourth-order valence-corrected chi connectivity index (χ4v) is 4.11. The second kappa shape index (κ2) is 12.4. The topological polar surface area (TPSA) is 63.7 Å². The van der Waals surface area contributed by atoms with Crippen LogP contribution in [0.2, 0.25) is 0 Å². The zero-order chi connectivity index (χ0) is 24.5. The number of ether oxygens (including phenoxy) is 2. The Hall–Kier alpha value is -3.29. The van der Waals surface area contributed by atoms with Crippen molar-refractivity contribution >= 4 is 5.91 Å². The number of pyridine rings is 1. The number of amides is 1. The third kappa shape index (κ3) is 7.34. The monoisotopic (exact) mass is 477 g/mol. The quantitative estimate of drug-likeness (QED) is 0.478. The van der Waals surface area contributed by atoms with Crippen LogP contribution in [-0.4, -0.2) is 55.2 Å². The van der Waals surface area contributed by atoms with E-state index in [9.17, 15) is 9.18 Å². The summed E-state index contributed by atoms with van der Waals surface area (Å²) in [5.41, 5.74) is 4.72. The molecule has 2 heterocycles. The summed E-state index contributed by atoms with van der Waals surface area (Å²) in [5.74, 6) is 0.411. The van der Waals surface area contributed by atoms with Crippen molar-refractivity contribution in [2.24, 2.45) is 0 Å². The minimum Gasteiger partial charge on any atom is -0.492 e. The van der Waals surface area contributed by atoms with Crippen LogP contribution in [0.5, 0.6) is 5.75 Å². The molecule has 1 fully saturated rings. The molecule has 2 aromatic carbocycles. The van der Waals surface area contributed by atoms with E-state index in [0.717, 1.165) is 61.7 Å². The second-order valence-electron chi connectivity index (χ2n) is 8.60. The van der Waals surface area contributed by atoms with E-state index in [-0.39, 0.29) is 24.7 Å². The van der Waals surface area contributed by atoms with E-state index in [2.05, 4.69) is 34.3 Å². The molecule has 3 aromatic rings. The summed E-state index contributed by atoms with van der Waals surface area (Å²) in [7, 11) is 0. The number of carbonyl (C=O) groups excluding carboxylic acids is 1. The van der Waals surface area contributed by atoms with Crippen LogP contribution in [-0.2, 0) is 28.9 Å². The highest BCUT2D eigenvalue weighted by molar-refractivity contribution is 5.78. The van der Waals surface area contributed by atoms with Gasteiger partial charge in [0.2, 0.25) is 5.91 Å². The van der Waals surface area contributed by atoms with Crippen molar-refractivity contribution in [3.63, 3.8) is 0 Å². The fraction of sp³-hybridized carbons (Fsp3) is 0.357. The van der Waals surface area contributed by atoms with Crippen molar-refractivity contribution in [2.75, 3.05) is 39.5 Å². The average Bonchev–Trinajstić information content (AvgIpc) is 2.89. The summed E-state index contributed by atoms with van der Waals surface area (Å²) >= 11 is 0. The van der Waals surface area contributed by atoms with Crippen LogP contribution in [0.3, 0.4) is 0 Å². The molecule has 1 amide bonds. The van der Waals surface area contributed by atoms with Gasteiger partial charge in [0.1, 0.15) is 18.2 Å². The van der Waals surface area contributed by atoms with Crippen molar-refractivity contribution < 1.29 is 18.7 Å². The lowest BCUT2D eigenvalue weighted by Gasteiger charge is -2.26. The molecule has 1 aliphatic rings. The molecule has 0 spiro atoms. The third-order valence-corrected chi connectivity index (χ3v) is 6.09. The lowest BCUT2D eigenvalue weighted by molar-refractivity contribution is -0.120. The molecule has 6 nitrogen and oxygen atoms in total. The number of aryl methyl sites for hydroxylation is 1. The number of rotatable bonds is 10. The van der Waals surface area contributed by atoms with Gasteiger partial charge in [-0.2, -0.15) is 0 Å². The zero-order valence-corrected chi connectivity index (χ0v) is 20.1. The molecule has 35 heavy (non-hydrogen) atoms. The normalized spacial score (nSPS) is 14.0. The molecule has 7 heteroatoms. The molecule has 0 saturated carbocycles. The molecule has 4 rings (SSSR count). The Bertz CT molecular complexity index is 1110. The first-order chi connectivity index (χ1) is 17.1. The first-order valence-electron chi connectivity index (χ1n) is 12.1. The van der Waals surface area contributed by atoms with Crippen LogP contribution in [0, 0.1) is 5.82 Å². The summed E-state index contributed by atoms with van der Waals surface area (Å²) < 4.78 is 24.7. The van der Waals surface area contributed by atoms with Gasteiger partial charge < -0.3 is 14.8 Å². The highest BCUT2D eigenvalue weighted by Gasteiger charge is 2.11. The zero-order valence-electron chi connectivity index (χ0n) is 20.1. The van der Waals surface area contributed by atoms with Gasteiger partial charge in [-0.25, -0.2) is 4.39 Å².